The van der Waals surface area contributed by atoms with E-state index in [4.69, 9.17) is 4.74 Å². The second-order valence-corrected chi connectivity index (χ2v) is 9.20. The van der Waals surface area contributed by atoms with Gasteiger partial charge in [0.1, 0.15) is 5.75 Å². The molecule has 1 saturated carbocycles. The summed E-state index contributed by atoms with van der Waals surface area (Å²) in [6.07, 6.45) is 5.03. The van der Waals surface area contributed by atoms with Gasteiger partial charge in [-0.1, -0.05) is 19.1 Å². The summed E-state index contributed by atoms with van der Waals surface area (Å²) in [5.74, 6) is 1.77. The molecule has 1 fully saturated rings. The van der Waals surface area contributed by atoms with E-state index >= 15 is 0 Å². The lowest BCUT2D eigenvalue weighted by Gasteiger charge is -2.18. The van der Waals surface area contributed by atoms with Gasteiger partial charge in [-0.25, -0.2) is 8.42 Å². The van der Waals surface area contributed by atoms with E-state index in [9.17, 15) is 8.42 Å². The average Bonchev–Trinajstić information content (AvgIpc) is 3.12. The number of rotatable bonds is 8. The molecular weight excluding hydrogens is 350 g/mol. The van der Waals surface area contributed by atoms with Gasteiger partial charge in [-0.15, -0.1) is 0 Å². The van der Waals surface area contributed by atoms with Crippen molar-refractivity contribution in [3.05, 3.63) is 29.3 Å². The summed E-state index contributed by atoms with van der Waals surface area (Å²) in [6, 6.07) is 6.23. The number of hydrogen-bond acceptors (Lipinski definition) is 4. The molecule has 0 spiro atoms. The van der Waals surface area contributed by atoms with Gasteiger partial charge in [-0.3, -0.25) is 4.99 Å². The smallest absolute Gasteiger partial charge is 0.191 e. The third-order valence-corrected chi connectivity index (χ3v) is 6.34. The molecule has 0 bridgehead atoms. The van der Waals surface area contributed by atoms with Crippen molar-refractivity contribution < 1.29 is 13.2 Å². The maximum atomic E-state index is 11.6. The molecule has 26 heavy (non-hydrogen) atoms. The van der Waals surface area contributed by atoms with Crippen molar-refractivity contribution >= 4 is 15.8 Å². The van der Waals surface area contributed by atoms with E-state index in [1.807, 2.05) is 0 Å². The third kappa shape index (κ3) is 6.52. The van der Waals surface area contributed by atoms with Crippen molar-refractivity contribution in [3.8, 4) is 5.75 Å². The zero-order valence-electron chi connectivity index (χ0n) is 16.0. The second-order valence-electron chi connectivity index (χ2n) is 6.72. The van der Waals surface area contributed by atoms with Gasteiger partial charge < -0.3 is 15.4 Å². The molecule has 0 aliphatic heterocycles. The Balaban J connectivity index is 1.92. The quantitative estimate of drug-likeness (QED) is 0.534. The number of ether oxygens (including phenoxy) is 1. The largest absolute Gasteiger partial charge is 0.490 e. The van der Waals surface area contributed by atoms with Gasteiger partial charge in [0.15, 0.2) is 15.8 Å². The molecule has 2 rings (SSSR count). The minimum atomic E-state index is -2.98. The molecule has 146 valence electrons. The second kappa shape index (κ2) is 9.80. The van der Waals surface area contributed by atoms with E-state index in [1.165, 1.54) is 18.4 Å². The molecule has 1 aliphatic carbocycles. The molecule has 0 radical (unpaired) electrons. The standard InChI is InChI=1S/C19H31N3O3S/c1-4-26(23,24)12-11-21-19(20-3)22-14-16-10-9-15(2)13-18(16)25-17-7-5-6-8-17/h9-10,13,17H,4-8,11-12,14H2,1-3H3,(H2,20,21,22). The Morgan fingerprint density at radius 2 is 2.00 bits per heavy atom. The van der Waals surface area contributed by atoms with Crippen LogP contribution in [0.4, 0.5) is 0 Å². The Kier molecular flexibility index (Phi) is 7.75. The number of nitrogens with one attached hydrogen (secondary N) is 2. The van der Waals surface area contributed by atoms with Crippen LogP contribution in [-0.4, -0.2) is 45.6 Å². The molecule has 0 amide bonds. The van der Waals surface area contributed by atoms with Crippen molar-refractivity contribution in [3.63, 3.8) is 0 Å². The van der Waals surface area contributed by atoms with Crippen LogP contribution in [-0.2, 0) is 16.4 Å². The molecule has 6 nitrogen and oxygen atoms in total. The Hall–Kier alpha value is -1.76. The molecule has 0 unspecified atom stereocenters. The van der Waals surface area contributed by atoms with Crippen molar-refractivity contribution in [2.45, 2.75) is 52.2 Å². The highest BCUT2D eigenvalue weighted by Crippen LogP contribution is 2.27. The summed E-state index contributed by atoms with van der Waals surface area (Å²) in [5, 5.41) is 6.29. The van der Waals surface area contributed by atoms with Crippen molar-refractivity contribution in [2.75, 3.05) is 25.1 Å². The SMILES string of the molecule is CCS(=O)(=O)CCNC(=NC)NCc1ccc(C)cc1OC1CCCC1. The lowest BCUT2D eigenvalue weighted by molar-refractivity contribution is 0.207. The zero-order valence-corrected chi connectivity index (χ0v) is 16.9. The van der Waals surface area contributed by atoms with Crippen LogP contribution in [0.25, 0.3) is 0 Å². The lowest BCUT2D eigenvalue weighted by Crippen LogP contribution is -2.39. The summed E-state index contributed by atoms with van der Waals surface area (Å²) < 4.78 is 29.4. The summed E-state index contributed by atoms with van der Waals surface area (Å²) >= 11 is 0. The predicted octanol–water partition coefficient (Wildman–Crippen LogP) is 2.42. The topological polar surface area (TPSA) is 79.8 Å². The molecule has 1 aromatic carbocycles. The van der Waals surface area contributed by atoms with Crippen molar-refractivity contribution in [1.82, 2.24) is 10.6 Å². The fraction of sp³-hybridized carbons (Fsp3) is 0.632. The van der Waals surface area contributed by atoms with E-state index in [0.717, 1.165) is 24.2 Å². The Morgan fingerprint density at radius 1 is 1.27 bits per heavy atom. The first-order chi connectivity index (χ1) is 12.4. The van der Waals surface area contributed by atoms with E-state index in [0.29, 0.717) is 25.2 Å². The number of aliphatic imine (C=N–C) groups is 1. The van der Waals surface area contributed by atoms with Crippen LogP contribution in [0.3, 0.4) is 0 Å². The summed E-state index contributed by atoms with van der Waals surface area (Å²) in [5.41, 5.74) is 2.25. The molecule has 0 aromatic heterocycles. The normalized spacial score (nSPS) is 15.9. The van der Waals surface area contributed by atoms with Gasteiger partial charge in [0.05, 0.1) is 11.9 Å². The minimum Gasteiger partial charge on any atom is -0.490 e. The maximum Gasteiger partial charge on any atom is 0.191 e. The number of hydrogen-bond donors (Lipinski definition) is 2. The lowest BCUT2D eigenvalue weighted by atomic mass is 10.1. The van der Waals surface area contributed by atoms with E-state index in [-0.39, 0.29) is 11.5 Å². The van der Waals surface area contributed by atoms with Gasteiger partial charge in [-0.2, -0.15) is 0 Å². The van der Waals surface area contributed by atoms with Gasteiger partial charge in [0.25, 0.3) is 0 Å². The summed E-state index contributed by atoms with van der Waals surface area (Å²) in [4.78, 5) is 4.16. The highest BCUT2D eigenvalue weighted by atomic mass is 32.2. The number of nitrogens with zero attached hydrogens (tertiary/aromatic N) is 1. The van der Waals surface area contributed by atoms with Crippen LogP contribution >= 0.6 is 0 Å². The van der Waals surface area contributed by atoms with Gasteiger partial charge in [0, 0.05) is 31.5 Å². The number of aryl methyl sites for hydroxylation is 1. The molecule has 1 aliphatic rings. The molecule has 0 saturated heterocycles. The average molecular weight is 382 g/mol. The number of benzene rings is 1. The molecular formula is C19H31N3O3S. The highest BCUT2D eigenvalue weighted by molar-refractivity contribution is 7.91. The summed E-state index contributed by atoms with van der Waals surface area (Å²) in [6.45, 7) is 4.64. The first-order valence-corrected chi connectivity index (χ1v) is 11.2. The molecule has 7 heteroatoms. The Labute approximate surface area is 157 Å². The fourth-order valence-corrected chi connectivity index (χ4v) is 3.67. The van der Waals surface area contributed by atoms with Crippen molar-refractivity contribution in [1.29, 1.82) is 0 Å². The Morgan fingerprint density at radius 3 is 2.65 bits per heavy atom. The van der Waals surface area contributed by atoms with E-state index < -0.39 is 9.84 Å². The number of guanidine groups is 1. The summed E-state index contributed by atoms with van der Waals surface area (Å²) in [7, 11) is -1.31. The van der Waals surface area contributed by atoms with E-state index in [1.54, 1.807) is 14.0 Å². The third-order valence-electron chi connectivity index (χ3n) is 4.63. The zero-order chi connectivity index (χ0) is 19.0. The predicted molar refractivity (Wildman–Crippen MR) is 107 cm³/mol. The maximum absolute atomic E-state index is 11.6. The Bertz CT molecular complexity index is 711. The van der Waals surface area contributed by atoms with Crippen LogP contribution < -0.4 is 15.4 Å². The molecule has 0 atom stereocenters. The van der Waals surface area contributed by atoms with E-state index in [2.05, 4.69) is 40.7 Å². The fourth-order valence-electron chi connectivity index (χ4n) is 2.97. The van der Waals surface area contributed by atoms with Crippen LogP contribution in [0, 0.1) is 6.92 Å². The first kappa shape index (κ1) is 20.6. The first-order valence-electron chi connectivity index (χ1n) is 9.34. The van der Waals surface area contributed by atoms with Gasteiger partial charge in [0.2, 0.25) is 0 Å². The molecule has 0 heterocycles. The number of sulfone groups is 1. The monoisotopic (exact) mass is 381 g/mol. The van der Waals surface area contributed by atoms with Crippen LogP contribution in [0.15, 0.2) is 23.2 Å². The molecule has 1 aromatic rings. The molecule has 2 N–H and O–H groups in total. The van der Waals surface area contributed by atoms with Crippen LogP contribution in [0.1, 0.15) is 43.7 Å². The van der Waals surface area contributed by atoms with Crippen LogP contribution in [0.5, 0.6) is 5.75 Å². The van der Waals surface area contributed by atoms with Crippen LogP contribution in [0.2, 0.25) is 0 Å². The van der Waals surface area contributed by atoms with Gasteiger partial charge in [-0.05, 0) is 44.2 Å². The van der Waals surface area contributed by atoms with Gasteiger partial charge >= 0.3 is 0 Å². The van der Waals surface area contributed by atoms with Crippen molar-refractivity contribution in [2.24, 2.45) is 4.99 Å². The minimum absolute atomic E-state index is 0.102. The highest BCUT2D eigenvalue weighted by Gasteiger charge is 2.18.